The van der Waals surface area contributed by atoms with E-state index in [-0.39, 0.29) is 0 Å². The predicted molar refractivity (Wildman–Crippen MR) is 98.7 cm³/mol. The van der Waals surface area contributed by atoms with Crippen LogP contribution in [-0.2, 0) is 6.54 Å². The van der Waals surface area contributed by atoms with Crippen molar-refractivity contribution < 1.29 is 0 Å². The molecule has 1 saturated heterocycles. The molecule has 1 aliphatic heterocycles. The summed E-state index contributed by atoms with van der Waals surface area (Å²) < 4.78 is 0. The predicted octanol–water partition coefficient (Wildman–Crippen LogP) is 2.82. The molecule has 1 aromatic carbocycles. The van der Waals surface area contributed by atoms with Gasteiger partial charge in [0, 0.05) is 27.2 Å². The third kappa shape index (κ3) is 6.61. The summed E-state index contributed by atoms with van der Waals surface area (Å²) in [6.45, 7) is 7.80. The average Bonchev–Trinajstić information content (AvgIpc) is 2.55. The first kappa shape index (κ1) is 17.8. The van der Waals surface area contributed by atoms with E-state index in [1.807, 2.05) is 20.2 Å². The van der Waals surface area contributed by atoms with Crippen molar-refractivity contribution in [1.29, 1.82) is 0 Å². The highest BCUT2D eigenvalue weighted by atomic mass is 15.3. The van der Waals surface area contributed by atoms with E-state index in [1.54, 1.807) is 0 Å². The zero-order chi connectivity index (χ0) is 16.5. The van der Waals surface area contributed by atoms with Crippen molar-refractivity contribution in [3.05, 3.63) is 35.9 Å². The van der Waals surface area contributed by atoms with Crippen molar-refractivity contribution in [2.24, 2.45) is 10.9 Å². The highest BCUT2D eigenvalue weighted by Crippen LogP contribution is 2.15. The summed E-state index contributed by atoms with van der Waals surface area (Å²) in [4.78, 5) is 9.37. The molecule has 23 heavy (non-hydrogen) atoms. The standard InChI is InChI=1S/C19H32N4/c1-17-9-7-13-23(16-17)14-8-12-20-19(22(2)3)21-15-18-10-5-4-6-11-18/h4-6,10-11,17H,7-9,12-16H2,1-3H3,(H,20,21). The molecule has 4 nitrogen and oxygen atoms in total. The van der Waals surface area contributed by atoms with Gasteiger partial charge in [-0.2, -0.15) is 0 Å². The van der Waals surface area contributed by atoms with Gasteiger partial charge in [-0.3, -0.25) is 0 Å². The zero-order valence-electron chi connectivity index (χ0n) is 15.0. The Morgan fingerprint density at radius 3 is 2.78 bits per heavy atom. The van der Waals surface area contributed by atoms with Crippen LogP contribution in [0.2, 0.25) is 0 Å². The largest absolute Gasteiger partial charge is 0.356 e. The van der Waals surface area contributed by atoms with Gasteiger partial charge in [-0.1, -0.05) is 37.3 Å². The summed E-state index contributed by atoms with van der Waals surface area (Å²) in [5, 5.41) is 3.49. The quantitative estimate of drug-likeness (QED) is 0.497. The topological polar surface area (TPSA) is 30.9 Å². The van der Waals surface area contributed by atoms with E-state index in [1.165, 1.54) is 44.5 Å². The van der Waals surface area contributed by atoms with Crippen molar-refractivity contribution in [3.63, 3.8) is 0 Å². The lowest BCUT2D eigenvalue weighted by atomic mass is 10.0. The molecule has 0 aliphatic carbocycles. The van der Waals surface area contributed by atoms with Crippen LogP contribution in [0.25, 0.3) is 0 Å². The Morgan fingerprint density at radius 2 is 2.09 bits per heavy atom. The number of benzene rings is 1. The number of nitrogens with one attached hydrogen (secondary N) is 1. The Balaban J connectivity index is 1.72. The maximum atomic E-state index is 4.71. The lowest BCUT2D eigenvalue weighted by molar-refractivity contribution is 0.182. The van der Waals surface area contributed by atoms with Crippen molar-refractivity contribution in [1.82, 2.24) is 15.1 Å². The van der Waals surface area contributed by atoms with Gasteiger partial charge in [0.25, 0.3) is 0 Å². The molecular formula is C19H32N4. The first-order chi connectivity index (χ1) is 11.1. The Kier molecular flexibility index (Phi) is 7.40. The van der Waals surface area contributed by atoms with Gasteiger partial charge < -0.3 is 15.1 Å². The van der Waals surface area contributed by atoms with E-state index in [0.717, 1.165) is 25.0 Å². The molecule has 1 heterocycles. The molecule has 1 aliphatic rings. The number of nitrogens with zero attached hydrogens (tertiary/aromatic N) is 3. The first-order valence-electron chi connectivity index (χ1n) is 8.87. The van der Waals surface area contributed by atoms with Crippen LogP contribution in [0.4, 0.5) is 0 Å². The van der Waals surface area contributed by atoms with E-state index in [2.05, 4.69) is 46.3 Å². The van der Waals surface area contributed by atoms with Gasteiger partial charge in [0.15, 0.2) is 5.96 Å². The second-order valence-electron chi connectivity index (χ2n) is 6.85. The summed E-state index contributed by atoms with van der Waals surface area (Å²) in [7, 11) is 4.09. The van der Waals surface area contributed by atoms with Crippen LogP contribution in [0.15, 0.2) is 35.3 Å². The lowest BCUT2D eigenvalue weighted by Gasteiger charge is -2.30. The van der Waals surface area contributed by atoms with Crippen molar-refractivity contribution in [2.45, 2.75) is 32.7 Å². The summed E-state index contributed by atoms with van der Waals surface area (Å²) in [5.41, 5.74) is 1.25. The molecule has 1 fully saturated rings. The molecule has 0 amide bonds. The number of hydrogen-bond donors (Lipinski definition) is 1. The van der Waals surface area contributed by atoms with Gasteiger partial charge in [0.2, 0.25) is 0 Å². The van der Waals surface area contributed by atoms with E-state index in [0.29, 0.717) is 0 Å². The number of likely N-dealkylation sites (tertiary alicyclic amines) is 1. The first-order valence-corrected chi connectivity index (χ1v) is 8.87. The minimum atomic E-state index is 0.727. The maximum Gasteiger partial charge on any atom is 0.193 e. The van der Waals surface area contributed by atoms with Crippen LogP contribution in [0.1, 0.15) is 31.7 Å². The van der Waals surface area contributed by atoms with Gasteiger partial charge in [-0.05, 0) is 43.8 Å². The number of hydrogen-bond acceptors (Lipinski definition) is 2. The molecule has 1 aromatic rings. The zero-order valence-corrected chi connectivity index (χ0v) is 15.0. The van der Waals surface area contributed by atoms with Crippen molar-refractivity contribution in [2.75, 3.05) is 40.3 Å². The van der Waals surface area contributed by atoms with Crippen LogP contribution in [-0.4, -0.2) is 56.0 Å². The van der Waals surface area contributed by atoms with Gasteiger partial charge in [0.05, 0.1) is 6.54 Å². The third-order valence-electron chi connectivity index (χ3n) is 4.35. The molecule has 0 bridgehead atoms. The van der Waals surface area contributed by atoms with Crippen molar-refractivity contribution >= 4 is 5.96 Å². The Hall–Kier alpha value is -1.55. The number of aliphatic imine (C=N–C) groups is 1. The maximum absolute atomic E-state index is 4.71. The molecule has 1 atom stereocenters. The summed E-state index contributed by atoms with van der Waals surface area (Å²) in [6, 6.07) is 10.4. The summed E-state index contributed by atoms with van der Waals surface area (Å²) >= 11 is 0. The minimum absolute atomic E-state index is 0.727. The highest BCUT2D eigenvalue weighted by molar-refractivity contribution is 5.79. The van der Waals surface area contributed by atoms with Crippen LogP contribution >= 0.6 is 0 Å². The average molecular weight is 316 g/mol. The fourth-order valence-electron chi connectivity index (χ4n) is 3.10. The third-order valence-corrected chi connectivity index (χ3v) is 4.35. The van der Waals surface area contributed by atoms with Crippen molar-refractivity contribution in [3.8, 4) is 0 Å². The Bertz CT molecular complexity index is 470. The molecule has 0 saturated carbocycles. The van der Waals surface area contributed by atoms with Gasteiger partial charge in [0.1, 0.15) is 0 Å². The number of rotatable bonds is 6. The SMILES string of the molecule is CC1CCCN(CCCNC(=NCc2ccccc2)N(C)C)C1. The van der Waals surface area contributed by atoms with Crippen LogP contribution in [0.5, 0.6) is 0 Å². The van der Waals surface area contributed by atoms with Crippen LogP contribution in [0.3, 0.4) is 0 Å². The second-order valence-corrected chi connectivity index (χ2v) is 6.85. The molecule has 0 spiro atoms. The number of piperidine rings is 1. The molecule has 4 heteroatoms. The summed E-state index contributed by atoms with van der Waals surface area (Å²) in [6.07, 6.45) is 3.92. The normalized spacial score (nSPS) is 19.6. The van der Waals surface area contributed by atoms with E-state index >= 15 is 0 Å². The Labute approximate surface area is 141 Å². The van der Waals surface area contributed by atoms with E-state index < -0.39 is 0 Å². The van der Waals surface area contributed by atoms with Gasteiger partial charge in [-0.25, -0.2) is 4.99 Å². The Morgan fingerprint density at radius 1 is 1.30 bits per heavy atom. The summed E-state index contributed by atoms with van der Waals surface area (Å²) in [5.74, 6) is 1.84. The van der Waals surface area contributed by atoms with Gasteiger partial charge in [-0.15, -0.1) is 0 Å². The minimum Gasteiger partial charge on any atom is -0.356 e. The molecule has 128 valence electrons. The van der Waals surface area contributed by atoms with E-state index in [9.17, 15) is 0 Å². The lowest BCUT2D eigenvalue weighted by Crippen LogP contribution is -2.39. The monoisotopic (exact) mass is 316 g/mol. The molecule has 2 rings (SSSR count). The second kappa shape index (κ2) is 9.56. The highest BCUT2D eigenvalue weighted by Gasteiger charge is 2.15. The van der Waals surface area contributed by atoms with Crippen LogP contribution < -0.4 is 5.32 Å². The van der Waals surface area contributed by atoms with Gasteiger partial charge >= 0.3 is 0 Å². The molecule has 1 N–H and O–H groups in total. The molecule has 0 radical (unpaired) electrons. The molecule has 0 aromatic heterocycles. The smallest absolute Gasteiger partial charge is 0.193 e. The molecule has 1 unspecified atom stereocenters. The number of guanidine groups is 1. The fraction of sp³-hybridized carbons (Fsp3) is 0.632. The van der Waals surface area contributed by atoms with E-state index in [4.69, 9.17) is 4.99 Å². The fourth-order valence-corrected chi connectivity index (χ4v) is 3.10. The molecular weight excluding hydrogens is 284 g/mol. The van der Waals surface area contributed by atoms with Crippen LogP contribution in [0, 0.1) is 5.92 Å².